The van der Waals surface area contributed by atoms with E-state index in [1.54, 1.807) is 6.08 Å². The van der Waals surface area contributed by atoms with Crippen molar-refractivity contribution in [2.45, 2.75) is 44.4 Å². The van der Waals surface area contributed by atoms with Gasteiger partial charge in [0, 0.05) is 21.7 Å². The van der Waals surface area contributed by atoms with E-state index in [2.05, 4.69) is 18.7 Å². The van der Waals surface area contributed by atoms with E-state index >= 15 is 0 Å². The van der Waals surface area contributed by atoms with E-state index in [1.807, 2.05) is 25.1 Å². The van der Waals surface area contributed by atoms with E-state index in [0.29, 0.717) is 22.6 Å². The largest absolute Gasteiger partial charge is 0.507 e. The summed E-state index contributed by atoms with van der Waals surface area (Å²) in [6.45, 7) is 5.61. The van der Waals surface area contributed by atoms with Crippen molar-refractivity contribution in [1.29, 1.82) is 0 Å². The maximum atomic E-state index is 10.9. The second-order valence-electron chi connectivity index (χ2n) is 7.06. The number of halogens is 2. The average Bonchev–Trinajstić information content (AvgIpc) is 2.68. The third kappa shape index (κ3) is 3.88. The first-order valence-electron chi connectivity index (χ1n) is 9.25. The van der Waals surface area contributed by atoms with E-state index in [1.165, 1.54) is 11.6 Å². The number of allylic oxidation sites excluding steroid dienone is 1. The molecule has 0 spiro atoms. The van der Waals surface area contributed by atoms with Gasteiger partial charge in [-0.05, 0) is 62.1 Å². The number of phenols is 2. The average molecular weight is 403 g/mol. The number of rotatable bonds is 4. The Kier molecular flexibility index (Phi) is 6.18. The summed E-state index contributed by atoms with van der Waals surface area (Å²) in [4.78, 5) is 0. The lowest BCUT2D eigenvalue weighted by atomic mass is 9.75. The van der Waals surface area contributed by atoms with Gasteiger partial charge in [-0.15, -0.1) is 0 Å². The van der Waals surface area contributed by atoms with Crippen LogP contribution in [0.2, 0.25) is 10.0 Å². The first kappa shape index (κ1) is 19.9. The summed E-state index contributed by atoms with van der Waals surface area (Å²) in [7, 11) is 0. The van der Waals surface area contributed by atoms with Crippen LogP contribution in [-0.4, -0.2) is 10.2 Å². The van der Waals surface area contributed by atoms with Crippen molar-refractivity contribution >= 4 is 35.4 Å². The van der Waals surface area contributed by atoms with Crippen LogP contribution in [0.1, 0.15) is 66.7 Å². The Morgan fingerprint density at radius 2 is 1.52 bits per heavy atom. The third-order valence-corrected chi connectivity index (χ3v) is 6.15. The molecule has 0 radical (unpaired) electrons. The second kappa shape index (κ2) is 8.41. The van der Waals surface area contributed by atoms with Crippen LogP contribution < -0.4 is 0 Å². The van der Waals surface area contributed by atoms with Crippen LogP contribution in [0.5, 0.6) is 11.5 Å². The monoisotopic (exact) mass is 402 g/mol. The SMILES string of the molecule is C=Cc1c(O)c(Cl)c(C2CCC(c3ccc(Cl)cc3)CC2)c(O)c1/C=C\C. The minimum atomic E-state index is -0.00705. The first-order valence-corrected chi connectivity index (χ1v) is 10.0. The van der Waals surface area contributed by atoms with Crippen LogP contribution >= 0.6 is 23.2 Å². The molecular formula is C23H24Cl2O2. The highest BCUT2D eigenvalue weighted by atomic mass is 35.5. The molecule has 1 saturated carbocycles. The smallest absolute Gasteiger partial charge is 0.142 e. The molecule has 2 aromatic carbocycles. The first-order chi connectivity index (χ1) is 13.0. The number of hydrogen-bond donors (Lipinski definition) is 2. The Morgan fingerprint density at radius 3 is 2.07 bits per heavy atom. The van der Waals surface area contributed by atoms with Gasteiger partial charge in [-0.2, -0.15) is 0 Å². The van der Waals surface area contributed by atoms with Crippen LogP contribution in [-0.2, 0) is 0 Å². The zero-order chi connectivity index (χ0) is 19.6. The van der Waals surface area contributed by atoms with Crippen molar-refractivity contribution in [2.75, 3.05) is 0 Å². The number of phenolic OH excluding ortho intramolecular Hbond substituents is 2. The summed E-state index contributed by atoms with van der Waals surface area (Å²) in [5.41, 5.74) is 2.99. The van der Waals surface area contributed by atoms with Gasteiger partial charge in [0.05, 0.1) is 5.02 Å². The van der Waals surface area contributed by atoms with Crippen molar-refractivity contribution in [3.63, 3.8) is 0 Å². The fourth-order valence-corrected chi connectivity index (χ4v) is 4.59. The van der Waals surface area contributed by atoms with Crippen LogP contribution in [0.25, 0.3) is 12.2 Å². The summed E-state index contributed by atoms with van der Waals surface area (Å²) >= 11 is 12.5. The second-order valence-corrected chi connectivity index (χ2v) is 7.87. The topological polar surface area (TPSA) is 40.5 Å². The van der Waals surface area contributed by atoms with Crippen molar-refractivity contribution in [3.8, 4) is 11.5 Å². The summed E-state index contributed by atoms with van der Waals surface area (Å²) < 4.78 is 0. The molecule has 0 amide bonds. The molecule has 142 valence electrons. The van der Waals surface area contributed by atoms with Gasteiger partial charge in [-0.25, -0.2) is 0 Å². The fraction of sp³-hybridized carbons (Fsp3) is 0.304. The predicted molar refractivity (Wildman–Crippen MR) is 115 cm³/mol. The highest BCUT2D eigenvalue weighted by Crippen LogP contribution is 2.50. The van der Waals surface area contributed by atoms with E-state index in [-0.39, 0.29) is 22.4 Å². The van der Waals surface area contributed by atoms with Crippen LogP contribution in [0.15, 0.2) is 36.9 Å². The maximum absolute atomic E-state index is 10.9. The maximum Gasteiger partial charge on any atom is 0.142 e. The van der Waals surface area contributed by atoms with Gasteiger partial charge >= 0.3 is 0 Å². The van der Waals surface area contributed by atoms with Crippen molar-refractivity contribution in [2.24, 2.45) is 0 Å². The molecule has 4 heteroatoms. The highest BCUT2D eigenvalue weighted by Gasteiger charge is 2.30. The van der Waals surface area contributed by atoms with Gasteiger partial charge in [-0.3, -0.25) is 0 Å². The molecule has 0 aliphatic heterocycles. The lowest BCUT2D eigenvalue weighted by molar-refractivity contribution is 0.379. The number of benzene rings is 2. The van der Waals surface area contributed by atoms with Crippen molar-refractivity contribution in [1.82, 2.24) is 0 Å². The third-order valence-electron chi connectivity index (χ3n) is 5.51. The fourth-order valence-electron chi connectivity index (χ4n) is 4.11. The number of hydrogen-bond acceptors (Lipinski definition) is 2. The molecule has 0 bridgehead atoms. The molecule has 1 aliphatic rings. The molecule has 0 heterocycles. The van der Waals surface area contributed by atoms with Gasteiger partial charge in [-0.1, -0.05) is 60.1 Å². The Hall–Kier alpha value is -1.90. The van der Waals surface area contributed by atoms with E-state index in [0.717, 1.165) is 30.7 Å². The van der Waals surface area contributed by atoms with E-state index < -0.39 is 0 Å². The number of aromatic hydroxyl groups is 2. The van der Waals surface area contributed by atoms with Crippen LogP contribution in [0.3, 0.4) is 0 Å². The van der Waals surface area contributed by atoms with Gasteiger partial charge < -0.3 is 10.2 Å². The molecule has 1 aliphatic carbocycles. The van der Waals surface area contributed by atoms with Crippen molar-refractivity contribution in [3.05, 3.63) is 69.2 Å². The zero-order valence-electron chi connectivity index (χ0n) is 15.4. The Balaban J connectivity index is 1.89. The quantitative estimate of drug-likeness (QED) is 0.518. The van der Waals surface area contributed by atoms with Gasteiger partial charge in [0.2, 0.25) is 0 Å². The molecule has 27 heavy (non-hydrogen) atoms. The molecule has 1 fully saturated rings. The molecule has 2 nitrogen and oxygen atoms in total. The minimum Gasteiger partial charge on any atom is -0.507 e. The van der Waals surface area contributed by atoms with Crippen molar-refractivity contribution < 1.29 is 10.2 Å². The Morgan fingerprint density at radius 1 is 0.926 bits per heavy atom. The van der Waals surface area contributed by atoms with Gasteiger partial charge in [0.25, 0.3) is 0 Å². The van der Waals surface area contributed by atoms with Crippen LogP contribution in [0, 0.1) is 0 Å². The van der Waals surface area contributed by atoms with Gasteiger partial charge in [0.15, 0.2) is 0 Å². The molecule has 0 aromatic heterocycles. The molecule has 2 N–H and O–H groups in total. The molecule has 0 saturated heterocycles. The highest BCUT2D eigenvalue weighted by molar-refractivity contribution is 6.33. The Labute approximate surface area is 170 Å². The summed E-state index contributed by atoms with van der Waals surface area (Å²) in [5, 5.41) is 22.4. The molecule has 0 unspecified atom stereocenters. The van der Waals surface area contributed by atoms with Crippen LogP contribution in [0.4, 0.5) is 0 Å². The van der Waals surface area contributed by atoms with Gasteiger partial charge in [0.1, 0.15) is 11.5 Å². The molecule has 3 rings (SSSR count). The Bertz CT molecular complexity index is 861. The molecule has 0 atom stereocenters. The standard InChI is InChI=1S/C23H24Cl2O2/c1-3-5-19-18(4-2)23(27)21(25)20(22(19)26)16-8-6-14(7-9-16)15-10-12-17(24)13-11-15/h3-5,10-14,16,26-27H,2,6-9H2,1H3/b5-3-. The van der Waals surface area contributed by atoms with E-state index in [4.69, 9.17) is 23.2 Å². The lowest BCUT2D eigenvalue weighted by Gasteiger charge is -2.31. The minimum absolute atomic E-state index is 0.00705. The summed E-state index contributed by atoms with van der Waals surface area (Å²) in [6, 6.07) is 8.04. The molecule has 2 aromatic rings. The predicted octanol–water partition coefficient (Wildman–Crippen LogP) is 7.52. The normalized spacial score (nSPS) is 20.1. The summed E-state index contributed by atoms with van der Waals surface area (Å²) in [6.07, 6.45) is 8.96. The molecular weight excluding hydrogens is 379 g/mol. The lowest BCUT2D eigenvalue weighted by Crippen LogP contribution is -2.13. The summed E-state index contributed by atoms with van der Waals surface area (Å²) in [5.74, 6) is 0.749. The van der Waals surface area contributed by atoms with E-state index in [9.17, 15) is 10.2 Å². The zero-order valence-corrected chi connectivity index (χ0v) is 16.9.